The van der Waals surface area contributed by atoms with Crippen molar-refractivity contribution in [3.63, 3.8) is 0 Å². The van der Waals surface area contributed by atoms with Gasteiger partial charge < -0.3 is 10.1 Å². The molecule has 0 spiro atoms. The van der Waals surface area contributed by atoms with Crippen LogP contribution in [0, 0.1) is 0 Å². The van der Waals surface area contributed by atoms with Gasteiger partial charge in [-0.15, -0.1) is 0 Å². The van der Waals surface area contributed by atoms with Crippen LogP contribution in [0.2, 0.25) is 0 Å². The zero-order valence-electron chi connectivity index (χ0n) is 13.7. The molecular formula is C19H25N3O. The predicted octanol–water partition coefficient (Wildman–Crippen LogP) is 2.81. The van der Waals surface area contributed by atoms with E-state index in [0.717, 1.165) is 32.8 Å². The number of hydrogen-bond acceptors (Lipinski definition) is 4. The second-order valence-corrected chi connectivity index (χ2v) is 5.99. The van der Waals surface area contributed by atoms with Crippen LogP contribution in [0.25, 0.3) is 0 Å². The van der Waals surface area contributed by atoms with Crippen molar-refractivity contribution in [2.75, 3.05) is 32.8 Å². The summed E-state index contributed by atoms with van der Waals surface area (Å²) in [4.78, 5) is 6.61. The molecule has 1 aliphatic rings. The van der Waals surface area contributed by atoms with Crippen molar-refractivity contribution in [3.8, 4) is 0 Å². The first kappa shape index (κ1) is 16.1. The van der Waals surface area contributed by atoms with Crippen molar-refractivity contribution in [3.05, 3.63) is 66.0 Å². The second kappa shape index (κ2) is 8.20. The van der Waals surface area contributed by atoms with Crippen LogP contribution < -0.4 is 5.32 Å². The minimum absolute atomic E-state index is 0.310. The number of rotatable bonds is 6. The Morgan fingerprint density at radius 3 is 2.43 bits per heavy atom. The number of ether oxygens (including phenoxy) is 1. The third kappa shape index (κ3) is 4.38. The van der Waals surface area contributed by atoms with Crippen molar-refractivity contribution < 1.29 is 4.74 Å². The minimum atomic E-state index is 0.310. The number of aromatic nitrogens is 1. The van der Waals surface area contributed by atoms with Crippen molar-refractivity contribution >= 4 is 0 Å². The molecule has 2 aromatic rings. The van der Waals surface area contributed by atoms with E-state index in [4.69, 9.17) is 4.74 Å². The molecule has 1 aromatic carbocycles. The molecule has 2 atom stereocenters. The summed E-state index contributed by atoms with van der Waals surface area (Å²) < 4.78 is 5.51. The fraction of sp³-hybridized carbons (Fsp3) is 0.421. The lowest BCUT2D eigenvalue weighted by atomic mass is 10.0. The molecule has 0 radical (unpaired) electrons. The van der Waals surface area contributed by atoms with E-state index in [0.29, 0.717) is 12.1 Å². The maximum Gasteiger partial charge on any atom is 0.0594 e. The van der Waals surface area contributed by atoms with Gasteiger partial charge in [0, 0.05) is 44.1 Å². The van der Waals surface area contributed by atoms with E-state index < -0.39 is 0 Å². The van der Waals surface area contributed by atoms with E-state index in [2.05, 4.69) is 64.6 Å². The first-order valence-electron chi connectivity index (χ1n) is 8.34. The number of morpholine rings is 1. The molecule has 0 bridgehead atoms. The van der Waals surface area contributed by atoms with Crippen LogP contribution in [-0.4, -0.2) is 42.7 Å². The predicted molar refractivity (Wildman–Crippen MR) is 92.2 cm³/mol. The van der Waals surface area contributed by atoms with E-state index in [9.17, 15) is 0 Å². The Balaban J connectivity index is 1.68. The molecule has 4 heteroatoms. The Bertz CT molecular complexity index is 570. The van der Waals surface area contributed by atoms with E-state index in [1.54, 1.807) is 0 Å². The molecule has 0 saturated carbocycles. The van der Waals surface area contributed by atoms with Crippen molar-refractivity contribution in [1.29, 1.82) is 0 Å². The Labute approximate surface area is 138 Å². The molecular weight excluding hydrogens is 286 g/mol. The van der Waals surface area contributed by atoms with Crippen LogP contribution in [0.1, 0.15) is 30.1 Å². The highest BCUT2D eigenvalue weighted by Gasteiger charge is 2.22. The second-order valence-electron chi connectivity index (χ2n) is 5.99. The largest absolute Gasteiger partial charge is 0.379 e. The van der Waals surface area contributed by atoms with Crippen molar-refractivity contribution in [2.45, 2.75) is 19.0 Å². The lowest BCUT2D eigenvalue weighted by molar-refractivity contribution is 0.0157. The molecule has 122 valence electrons. The van der Waals surface area contributed by atoms with Gasteiger partial charge in [0.1, 0.15) is 0 Å². The number of nitrogens with one attached hydrogen (secondary N) is 1. The molecule has 2 heterocycles. The summed E-state index contributed by atoms with van der Waals surface area (Å²) in [5.74, 6) is 0. The Morgan fingerprint density at radius 1 is 1.04 bits per heavy atom. The average molecular weight is 311 g/mol. The van der Waals surface area contributed by atoms with Gasteiger partial charge in [-0.3, -0.25) is 9.88 Å². The van der Waals surface area contributed by atoms with E-state index >= 15 is 0 Å². The van der Waals surface area contributed by atoms with Crippen LogP contribution in [-0.2, 0) is 4.74 Å². The van der Waals surface area contributed by atoms with Gasteiger partial charge in [0.2, 0.25) is 0 Å². The highest BCUT2D eigenvalue weighted by Crippen LogP contribution is 2.22. The molecule has 1 saturated heterocycles. The number of nitrogens with zero attached hydrogens (tertiary/aromatic N) is 2. The summed E-state index contributed by atoms with van der Waals surface area (Å²) >= 11 is 0. The van der Waals surface area contributed by atoms with Gasteiger partial charge in [-0.1, -0.05) is 30.3 Å². The third-order valence-electron chi connectivity index (χ3n) is 4.49. The quantitative estimate of drug-likeness (QED) is 0.890. The fourth-order valence-electron chi connectivity index (χ4n) is 3.08. The summed E-state index contributed by atoms with van der Waals surface area (Å²) in [5, 5.41) is 3.68. The maximum absolute atomic E-state index is 5.51. The molecule has 0 unspecified atom stereocenters. The summed E-state index contributed by atoms with van der Waals surface area (Å²) in [6.07, 6.45) is 3.70. The van der Waals surface area contributed by atoms with Gasteiger partial charge in [0.15, 0.2) is 0 Å². The first-order chi connectivity index (χ1) is 11.3. The summed E-state index contributed by atoms with van der Waals surface area (Å²) in [6.45, 7) is 6.76. The molecule has 3 rings (SSSR count). The number of hydrogen-bond donors (Lipinski definition) is 1. The van der Waals surface area contributed by atoms with E-state index in [-0.39, 0.29) is 0 Å². The fourth-order valence-corrected chi connectivity index (χ4v) is 3.08. The van der Waals surface area contributed by atoms with Gasteiger partial charge in [-0.05, 0) is 30.2 Å². The highest BCUT2D eigenvalue weighted by atomic mass is 16.5. The number of pyridine rings is 1. The third-order valence-corrected chi connectivity index (χ3v) is 4.49. The molecule has 23 heavy (non-hydrogen) atoms. The highest BCUT2D eigenvalue weighted by molar-refractivity contribution is 5.20. The topological polar surface area (TPSA) is 37.4 Å². The van der Waals surface area contributed by atoms with Crippen LogP contribution in [0.3, 0.4) is 0 Å². The summed E-state index contributed by atoms with van der Waals surface area (Å²) in [6, 6.07) is 15.6. The molecule has 0 aliphatic carbocycles. The zero-order chi connectivity index (χ0) is 15.9. The molecule has 1 fully saturated rings. The molecule has 1 aromatic heterocycles. The number of benzene rings is 1. The normalized spacial score (nSPS) is 18.5. The molecule has 0 amide bonds. The average Bonchev–Trinajstić information content (AvgIpc) is 2.64. The van der Waals surface area contributed by atoms with Crippen LogP contribution in [0.15, 0.2) is 54.9 Å². The monoisotopic (exact) mass is 311 g/mol. The maximum atomic E-state index is 5.51. The van der Waals surface area contributed by atoms with Crippen LogP contribution >= 0.6 is 0 Å². The van der Waals surface area contributed by atoms with Gasteiger partial charge in [0.05, 0.1) is 13.2 Å². The van der Waals surface area contributed by atoms with Gasteiger partial charge in [0.25, 0.3) is 0 Å². The van der Waals surface area contributed by atoms with E-state index in [1.807, 2.05) is 12.4 Å². The molecule has 1 N–H and O–H groups in total. The summed E-state index contributed by atoms with van der Waals surface area (Å²) in [5.41, 5.74) is 2.64. The lowest BCUT2D eigenvalue weighted by Crippen LogP contribution is -2.43. The van der Waals surface area contributed by atoms with Gasteiger partial charge in [-0.2, -0.15) is 0 Å². The van der Waals surface area contributed by atoms with Crippen molar-refractivity contribution in [1.82, 2.24) is 15.2 Å². The van der Waals surface area contributed by atoms with E-state index in [1.165, 1.54) is 11.1 Å². The smallest absolute Gasteiger partial charge is 0.0594 e. The molecule has 1 aliphatic heterocycles. The first-order valence-corrected chi connectivity index (χ1v) is 8.34. The summed E-state index contributed by atoms with van der Waals surface area (Å²) in [7, 11) is 0. The Hall–Kier alpha value is -1.75. The SMILES string of the molecule is C[C@@H](NC[C@@H](c1ccccc1)N1CCOCC1)c1ccncc1. The molecule has 4 nitrogen and oxygen atoms in total. The van der Waals surface area contributed by atoms with Gasteiger partial charge in [-0.25, -0.2) is 0 Å². The van der Waals surface area contributed by atoms with Gasteiger partial charge >= 0.3 is 0 Å². The standard InChI is InChI=1S/C19H25N3O/c1-16(17-7-9-20-10-8-17)21-15-19(18-5-3-2-4-6-18)22-11-13-23-14-12-22/h2-10,16,19,21H,11-15H2,1H3/t16-,19+/m1/s1. The van der Waals surface area contributed by atoms with Crippen LogP contribution in [0.5, 0.6) is 0 Å². The lowest BCUT2D eigenvalue weighted by Gasteiger charge is -2.35. The minimum Gasteiger partial charge on any atom is -0.379 e. The Morgan fingerprint density at radius 2 is 1.74 bits per heavy atom. The Kier molecular flexibility index (Phi) is 5.75. The zero-order valence-corrected chi connectivity index (χ0v) is 13.7. The van der Waals surface area contributed by atoms with Crippen molar-refractivity contribution in [2.24, 2.45) is 0 Å². The van der Waals surface area contributed by atoms with Crippen LogP contribution in [0.4, 0.5) is 0 Å².